The fourth-order valence-electron chi connectivity index (χ4n) is 8.77. The molecule has 9 atom stereocenters. The summed E-state index contributed by atoms with van der Waals surface area (Å²) in [6.45, 7) is 4.80. The molecule has 33 heavy (non-hydrogen) atoms. The van der Waals surface area contributed by atoms with E-state index in [1.54, 1.807) is 13.1 Å². The molecule has 1 aliphatic heterocycles. The molecule has 1 amide bonds. The standard InChI is InChI=1S/C26H39NO6/c1-24-8-6-17(32-14-22(29)27-3)11-16(24)4-5-19-20(24)12-21(28)25(2)18(7-9-26(19,25)31)15-10-23(30)33-13-15/h10,16-21,28,31H,4-9,11-14H2,1-3H3,(H,27,29)/t16?,17?,18?,19?,20?,21?,24?,25-,26?/m0/s1. The number of amides is 1. The minimum Gasteiger partial charge on any atom is -0.458 e. The molecule has 8 unspecified atom stereocenters. The number of hydrogen-bond acceptors (Lipinski definition) is 6. The lowest BCUT2D eigenvalue weighted by atomic mass is 9.42. The molecule has 1 heterocycles. The average molecular weight is 462 g/mol. The van der Waals surface area contributed by atoms with E-state index in [0.29, 0.717) is 18.8 Å². The Morgan fingerprint density at radius 3 is 2.67 bits per heavy atom. The molecular weight excluding hydrogens is 422 g/mol. The monoisotopic (exact) mass is 461 g/mol. The average Bonchev–Trinajstić information content (AvgIpc) is 3.34. The van der Waals surface area contributed by atoms with Crippen LogP contribution in [0, 0.1) is 34.5 Å². The van der Waals surface area contributed by atoms with E-state index < -0.39 is 17.1 Å². The van der Waals surface area contributed by atoms with E-state index >= 15 is 0 Å². The van der Waals surface area contributed by atoms with E-state index in [-0.39, 0.29) is 54.4 Å². The van der Waals surface area contributed by atoms with Gasteiger partial charge in [-0.2, -0.15) is 0 Å². The van der Waals surface area contributed by atoms with E-state index in [1.165, 1.54) is 0 Å². The SMILES string of the molecule is CNC(=O)COC1CCC2(C)C(CCC3C2CC(O)[C@]2(C)C(C4=CC(=O)OC4)CCC32O)C1. The van der Waals surface area contributed by atoms with Crippen molar-refractivity contribution in [1.82, 2.24) is 5.32 Å². The zero-order valence-corrected chi connectivity index (χ0v) is 20.1. The zero-order valence-electron chi connectivity index (χ0n) is 20.1. The second-order valence-electron chi connectivity index (χ2n) is 11.8. The summed E-state index contributed by atoms with van der Waals surface area (Å²) in [5, 5.41) is 26.5. The maximum Gasteiger partial charge on any atom is 0.331 e. The normalized spacial score (nSPS) is 48.9. The Morgan fingerprint density at radius 1 is 1.18 bits per heavy atom. The highest BCUT2D eigenvalue weighted by Gasteiger charge is 2.70. The van der Waals surface area contributed by atoms with Crippen molar-refractivity contribution in [2.45, 2.75) is 83.0 Å². The highest BCUT2D eigenvalue weighted by atomic mass is 16.5. The lowest BCUT2D eigenvalue weighted by Crippen LogP contribution is -2.67. The number of nitrogens with one attached hydrogen (secondary N) is 1. The molecule has 0 radical (unpaired) electrons. The molecule has 4 fully saturated rings. The molecule has 0 bridgehead atoms. The van der Waals surface area contributed by atoms with Crippen LogP contribution < -0.4 is 5.32 Å². The molecule has 0 aromatic carbocycles. The van der Waals surface area contributed by atoms with E-state index in [2.05, 4.69) is 12.2 Å². The molecule has 0 saturated heterocycles. The Kier molecular flexibility index (Phi) is 5.69. The number of aliphatic hydroxyl groups is 2. The van der Waals surface area contributed by atoms with Crippen LogP contribution in [0.25, 0.3) is 0 Å². The van der Waals surface area contributed by atoms with Crippen LogP contribution in [0.5, 0.6) is 0 Å². The third kappa shape index (κ3) is 3.33. The first-order valence-corrected chi connectivity index (χ1v) is 12.7. The molecule has 3 N–H and O–H groups in total. The molecule has 5 rings (SSSR count). The van der Waals surface area contributed by atoms with Gasteiger partial charge < -0.3 is 25.0 Å². The highest BCUT2D eigenvalue weighted by Crippen LogP contribution is 2.69. The lowest BCUT2D eigenvalue weighted by molar-refractivity contribution is -0.245. The Morgan fingerprint density at radius 2 is 1.97 bits per heavy atom. The van der Waals surface area contributed by atoms with Crippen LogP contribution in [-0.4, -0.2) is 60.2 Å². The van der Waals surface area contributed by atoms with Gasteiger partial charge in [-0.3, -0.25) is 4.79 Å². The van der Waals surface area contributed by atoms with E-state index in [9.17, 15) is 19.8 Å². The van der Waals surface area contributed by atoms with Gasteiger partial charge in [-0.1, -0.05) is 13.8 Å². The fourth-order valence-corrected chi connectivity index (χ4v) is 8.77. The van der Waals surface area contributed by atoms with Crippen LogP contribution in [0.15, 0.2) is 11.6 Å². The molecule has 0 spiro atoms. The quantitative estimate of drug-likeness (QED) is 0.555. The number of rotatable bonds is 4. The number of fused-ring (bicyclic) bond motifs is 5. The first-order chi connectivity index (χ1) is 15.6. The third-order valence-electron chi connectivity index (χ3n) is 10.8. The summed E-state index contributed by atoms with van der Waals surface area (Å²) < 4.78 is 11.1. The Hall–Kier alpha value is -1.44. The van der Waals surface area contributed by atoms with Crippen LogP contribution in [0.2, 0.25) is 0 Å². The number of likely N-dealkylation sites (N-methyl/N-ethyl adjacent to an activating group) is 1. The van der Waals surface area contributed by atoms with Crippen molar-refractivity contribution in [3.05, 3.63) is 11.6 Å². The molecule has 0 aromatic heterocycles. The van der Waals surface area contributed by atoms with Gasteiger partial charge in [0.25, 0.3) is 0 Å². The minimum absolute atomic E-state index is 0.0238. The molecule has 4 aliphatic carbocycles. The minimum atomic E-state index is -0.937. The van der Waals surface area contributed by atoms with Gasteiger partial charge >= 0.3 is 5.97 Å². The van der Waals surface area contributed by atoms with E-state index in [0.717, 1.165) is 44.1 Å². The molecule has 5 aliphatic rings. The number of hydrogen-bond donors (Lipinski definition) is 3. The van der Waals surface area contributed by atoms with Crippen molar-refractivity contribution < 1.29 is 29.3 Å². The number of carbonyl (C=O) groups is 2. The van der Waals surface area contributed by atoms with Gasteiger partial charge in [0, 0.05) is 18.5 Å². The van der Waals surface area contributed by atoms with Gasteiger partial charge in [-0.15, -0.1) is 0 Å². The van der Waals surface area contributed by atoms with Gasteiger partial charge in [0.2, 0.25) is 5.91 Å². The second kappa shape index (κ2) is 8.06. The topological polar surface area (TPSA) is 105 Å². The van der Waals surface area contributed by atoms with Crippen molar-refractivity contribution in [1.29, 1.82) is 0 Å². The first-order valence-electron chi connectivity index (χ1n) is 12.7. The number of carbonyl (C=O) groups excluding carboxylic acids is 2. The molecule has 0 aromatic rings. The van der Waals surface area contributed by atoms with Crippen LogP contribution in [0.3, 0.4) is 0 Å². The summed E-state index contributed by atoms with van der Waals surface area (Å²) in [5.41, 5.74) is -0.611. The van der Waals surface area contributed by atoms with Gasteiger partial charge in [0.1, 0.15) is 13.2 Å². The van der Waals surface area contributed by atoms with E-state index in [4.69, 9.17) is 9.47 Å². The van der Waals surface area contributed by atoms with Crippen molar-refractivity contribution in [2.75, 3.05) is 20.3 Å². The van der Waals surface area contributed by atoms with Gasteiger partial charge in [-0.25, -0.2) is 4.79 Å². The Bertz CT molecular complexity index is 858. The molecule has 7 heteroatoms. The maximum atomic E-state index is 12.3. The summed E-state index contributed by atoms with van der Waals surface area (Å²) in [5.74, 6) is 0.463. The predicted molar refractivity (Wildman–Crippen MR) is 121 cm³/mol. The molecule has 4 saturated carbocycles. The second-order valence-corrected chi connectivity index (χ2v) is 11.8. The summed E-state index contributed by atoms with van der Waals surface area (Å²) in [7, 11) is 1.62. The largest absolute Gasteiger partial charge is 0.458 e. The Labute approximate surface area is 196 Å². The van der Waals surface area contributed by atoms with Crippen LogP contribution in [-0.2, 0) is 19.1 Å². The Balaban J connectivity index is 1.37. The van der Waals surface area contributed by atoms with Crippen molar-refractivity contribution in [2.24, 2.45) is 34.5 Å². The van der Waals surface area contributed by atoms with Crippen LogP contribution in [0.4, 0.5) is 0 Å². The summed E-state index contributed by atoms with van der Waals surface area (Å²) in [4.78, 5) is 23.3. The smallest absolute Gasteiger partial charge is 0.331 e. The van der Waals surface area contributed by atoms with Crippen LogP contribution >= 0.6 is 0 Å². The third-order valence-corrected chi connectivity index (χ3v) is 10.8. The first kappa shape index (κ1) is 23.3. The molecule has 184 valence electrons. The van der Waals surface area contributed by atoms with Crippen LogP contribution in [0.1, 0.15) is 65.2 Å². The summed E-state index contributed by atoms with van der Waals surface area (Å²) in [6.07, 6.45) is 8.04. The number of cyclic esters (lactones) is 1. The number of aliphatic hydroxyl groups excluding tert-OH is 1. The summed E-state index contributed by atoms with van der Waals surface area (Å²) >= 11 is 0. The highest BCUT2D eigenvalue weighted by molar-refractivity contribution is 5.85. The molecule has 7 nitrogen and oxygen atoms in total. The van der Waals surface area contributed by atoms with Gasteiger partial charge in [-0.05, 0) is 86.0 Å². The van der Waals surface area contributed by atoms with Crippen molar-refractivity contribution in [3.8, 4) is 0 Å². The van der Waals surface area contributed by atoms with Crippen molar-refractivity contribution >= 4 is 11.9 Å². The maximum absolute atomic E-state index is 12.3. The summed E-state index contributed by atoms with van der Waals surface area (Å²) in [6, 6.07) is 0. The van der Waals surface area contributed by atoms with Crippen molar-refractivity contribution in [3.63, 3.8) is 0 Å². The lowest BCUT2D eigenvalue weighted by Gasteiger charge is -2.65. The molecular formula is C26H39NO6. The predicted octanol–water partition coefficient (Wildman–Crippen LogP) is 2.35. The fraction of sp³-hybridized carbons (Fsp3) is 0.846. The number of ether oxygens (including phenoxy) is 2. The van der Waals surface area contributed by atoms with E-state index in [1.807, 2.05) is 6.92 Å². The number of esters is 1. The zero-order chi connectivity index (χ0) is 23.6. The van der Waals surface area contributed by atoms with Gasteiger partial charge in [0.15, 0.2) is 0 Å². The van der Waals surface area contributed by atoms with Gasteiger partial charge in [0.05, 0.1) is 17.8 Å².